The Bertz CT molecular complexity index is 762. The maximum Gasteiger partial charge on any atom is 0.129 e. The van der Waals surface area contributed by atoms with E-state index in [1.807, 2.05) is 60.4 Å². The van der Waals surface area contributed by atoms with Gasteiger partial charge in [0.2, 0.25) is 0 Å². The Morgan fingerprint density at radius 1 is 1.10 bits per heavy atom. The summed E-state index contributed by atoms with van der Waals surface area (Å²) in [5.41, 5.74) is 3.09. The third-order valence-electron chi connectivity index (χ3n) is 3.22. The molecule has 0 saturated carbocycles. The third kappa shape index (κ3) is 2.99. The fourth-order valence-corrected chi connectivity index (χ4v) is 2.29. The lowest BCUT2D eigenvalue weighted by Crippen LogP contribution is -2.09. The SMILES string of the molecule is CC(C)Nc1cccc(Oc2ccc3ncn(C)c3c2)c1. The quantitative estimate of drug-likeness (QED) is 0.779. The first kappa shape index (κ1) is 13.5. The van der Waals surface area contributed by atoms with Gasteiger partial charge in [0.25, 0.3) is 0 Å². The predicted molar refractivity (Wildman–Crippen MR) is 86.0 cm³/mol. The fraction of sp³-hybridized carbons (Fsp3) is 0.235. The van der Waals surface area contributed by atoms with Gasteiger partial charge in [-0.2, -0.15) is 0 Å². The van der Waals surface area contributed by atoms with E-state index in [0.29, 0.717) is 6.04 Å². The van der Waals surface area contributed by atoms with Crippen LogP contribution in [0.4, 0.5) is 5.69 Å². The van der Waals surface area contributed by atoms with E-state index in [9.17, 15) is 0 Å². The van der Waals surface area contributed by atoms with Crippen LogP contribution in [0, 0.1) is 0 Å². The molecule has 108 valence electrons. The van der Waals surface area contributed by atoms with Gasteiger partial charge in [0.15, 0.2) is 0 Å². The molecular weight excluding hydrogens is 262 g/mol. The van der Waals surface area contributed by atoms with Gasteiger partial charge in [-0.05, 0) is 38.1 Å². The van der Waals surface area contributed by atoms with E-state index < -0.39 is 0 Å². The van der Waals surface area contributed by atoms with Crippen LogP contribution in [0.5, 0.6) is 11.5 Å². The lowest BCUT2D eigenvalue weighted by Gasteiger charge is -2.12. The van der Waals surface area contributed by atoms with E-state index >= 15 is 0 Å². The molecule has 4 nitrogen and oxygen atoms in total. The summed E-state index contributed by atoms with van der Waals surface area (Å²) in [7, 11) is 1.98. The third-order valence-corrected chi connectivity index (χ3v) is 3.22. The summed E-state index contributed by atoms with van der Waals surface area (Å²) in [6, 6.07) is 14.3. The number of aryl methyl sites for hydroxylation is 1. The van der Waals surface area contributed by atoms with Gasteiger partial charge >= 0.3 is 0 Å². The smallest absolute Gasteiger partial charge is 0.129 e. The molecular formula is C17H19N3O. The lowest BCUT2D eigenvalue weighted by molar-refractivity contribution is 0.483. The van der Waals surface area contributed by atoms with E-state index in [1.54, 1.807) is 0 Å². The molecule has 0 fully saturated rings. The largest absolute Gasteiger partial charge is 0.457 e. The number of nitrogens with one attached hydrogen (secondary N) is 1. The fourth-order valence-electron chi connectivity index (χ4n) is 2.29. The number of hydrogen-bond donors (Lipinski definition) is 1. The van der Waals surface area contributed by atoms with Crippen LogP contribution in [-0.2, 0) is 7.05 Å². The van der Waals surface area contributed by atoms with E-state index in [1.165, 1.54) is 0 Å². The number of rotatable bonds is 4. The molecule has 0 unspecified atom stereocenters. The first-order valence-corrected chi connectivity index (χ1v) is 7.07. The zero-order valence-electron chi connectivity index (χ0n) is 12.5. The number of anilines is 1. The molecule has 0 radical (unpaired) electrons. The van der Waals surface area contributed by atoms with E-state index in [0.717, 1.165) is 28.2 Å². The van der Waals surface area contributed by atoms with Gasteiger partial charge in [0.1, 0.15) is 11.5 Å². The number of fused-ring (bicyclic) bond motifs is 1. The molecule has 0 aliphatic carbocycles. The van der Waals surface area contributed by atoms with Crippen molar-refractivity contribution in [3.05, 3.63) is 48.8 Å². The van der Waals surface area contributed by atoms with Gasteiger partial charge < -0.3 is 14.6 Å². The van der Waals surface area contributed by atoms with Crippen LogP contribution in [-0.4, -0.2) is 15.6 Å². The highest BCUT2D eigenvalue weighted by atomic mass is 16.5. The van der Waals surface area contributed by atoms with Crippen molar-refractivity contribution in [1.82, 2.24) is 9.55 Å². The van der Waals surface area contributed by atoms with Gasteiger partial charge in [-0.15, -0.1) is 0 Å². The number of ether oxygens (including phenoxy) is 1. The highest BCUT2D eigenvalue weighted by Gasteiger charge is 2.04. The van der Waals surface area contributed by atoms with Crippen LogP contribution < -0.4 is 10.1 Å². The van der Waals surface area contributed by atoms with E-state index in [4.69, 9.17) is 4.74 Å². The number of aromatic nitrogens is 2. The zero-order valence-corrected chi connectivity index (χ0v) is 12.5. The summed E-state index contributed by atoms with van der Waals surface area (Å²) in [6.45, 7) is 4.23. The second kappa shape index (κ2) is 5.48. The second-order valence-corrected chi connectivity index (χ2v) is 5.43. The monoisotopic (exact) mass is 281 g/mol. The summed E-state index contributed by atoms with van der Waals surface area (Å²) in [4.78, 5) is 4.31. The minimum atomic E-state index is 0.394. The highest BCUT2D eigenvalue weighted by Crippen LogP contribution is 2.27. The normalized spacial score (nSPS) is 11.0. The zero-order chi connectivity index (χ0) is 14.8. The van der Waals surface area contributed by atoms with Crippen molar-refractivity contribution in [2.75, 3.05) is 5.32 Å². The van der Waals surface area contributed by atoms with Crippen molar-refractivity contribution in [1.29, 1.82) is 0 Å². The standard InChI is InChI=1S/C17H19N3O/c1-12(2)19-13-5-4-6-14(9-13)21-15-7-8-16-17(10-15)20(3)11-18-16/h4-12,19H,1-3H3. The number of imidazole rings is 1. The van der Waals surface area contributed by atoms with Crippen molar-refractivity contribution in [2.45, 2.75) is 19.9 Å². The number of hydrogen-bond acceptors (Lipinski definition) is 3. The molecule has 4 heteroatoms. The van der Waals surface area contributed by atoms with Crippen molar-refractivity contribution in [2.24, 2.45) is 7.05 Å². The molecule has 0 amide bonds. The molecule has 0 saturated heterocycles. The van der Waals surface area contributed by atoms with Gasteiger partial charge in [0.05, 0.1) is 17.4 Å². The Kier molecular flexibility index (Phi) is 3.52. The van der Waals surface area contributed by atoms with Crippen LogP contribution in [0.15, 0.2) is 48.8 Å². The molecule has 0 atom stereocenters. The van der Waals surface area contributed by atoms with Crippen LogP contribution >= 0.6 is 0 Å². The molecule has 0 spiro atoms. The molecule has 1 N–H and O–H groups in total. The summed E-state index contributed by atoms with van der Waals surface area (Å²) in [5, 5.41) is 3.37. The van der Waals surface area contributed by atoms with E-state index in [2.05, 4.69) is 24.1 Å². The Morgan fingerprint density at radius 2 is 1.90 bits per heavy atom. The summed E-state index contributed by atoms with van der Waals surface area (Å²) in [6.07, 6.45) is 1.81. The Morgan fingerprint density at radius 3 is 2.71 bits per heavy atom. The molecule has 3 rings (SSSR count). The molecule has 21 heavy (non-hydrogen) atoms. The first-order valence-electron chi connectivity index (χ1n) is 7.07. The van der Waals surface area contributed by atoms with Gasteiger partial charge in [-0.25, -0.2) is 4.98 Å². The second-order valence-electron chi connectivity index (χ2n) is 5.43. The van der Waals surface area contributed by atoms with Crippen molar-refractivity contribution in [3.8, 4) is 11.5 Å². The van der Waals surface area contributed by atoms with Crippen LogP contribution in [0.25, 0.3) is 11.0 Å². The first-order chi connectivity index (χ1) is 10.1. The maximum absolute atomic E-state index is 5.95. The molecule has 0 bridgehead atoms. The Hall–Kier alpha value is -2.49. The van der Waals surface area contributed by atoms with Gasteiger partial charge in [0, 0.05) is 30.9 Å². The summed E-state index contributed by atoms with van der Waals surface area (Å²) in [5.74, 6) is 1.63. The number of nitrogens with zero attached hydrogens (tertiary/aromatic N) is 2. The Balaban J connectivity index is 1.85. The molecule has 0 aliphatic rings. The van der Waals surface area contributed by atoms with E-state index in [-0.39, 0.29) is 0 Å². The highest BCUT2D eigenvalue weighted by molar-refractivity contribution is 5.77. The predicted octanol–water partition coefficient (Wildman–Crippen LogP) is 4.19. The van der Waals surface area contributed by atoms with Crippen LogP contribution in [0.3, 0.4) is 0 Å². The van der Waals surface area contributed by atoms with Gasteiger partial charge in [-0.3, -0.25) is 0 Å². The van der Waals surface area contributed by atoms with Crippen LogP contribution in [0.2, 0.25) is 0 Å². The summed E-state index contributed by atoms with van der Waals surface area (Å²) >= 11 is 0. The van der Waals surface area contributed by atoms with Gasteiger partial charge in [-0.1, -0.05) is 6.07 Å². The minimum Gasteiger partial charge on any atom is -0.457 e. The molecule has 0 aliphatic heterocycles. The average molecular weight is 281 g/mol. The molecule has 3 aromatic rings. The number of benzene rings is 2. The Labute approximate surface area is 124 Å². The molecule has 1 heterocycles. The minimum absolute atomic E-state index is 0.394. The van der Waals surface area contributed by atoms with Crippen molar-refractivity contribution < 1.29 is 4.74 Å². The van der Waals surface area contributed by atoms with Crippen LogP contribution in [0.1, 0.15) is 13.8 Å². The van der Waals surface area contributed by atoms with Crippen molar-refractivity contribution in [3.63, 3.8) is 0 Å². The molecule has 1 aromatic heterocycles. The lowest BCUT2D eigenvalue weighted by atomic mass is 10.2. The van der Waals surface area contributed by atoms with Crippen molar-refractivity contribution >= 4 is 16.7 Å². The summed E-state index contributed by atoms with van der Waals surface area (Å²) < 4.78 is 7.94. The average Bonchev–Trinajstić information content (AvgIpc) is 2.80. The molecule has 2 aromatic carbocycles. The maximum atomic E-state index is 5.95. The topological polar surface area (TPSA) is 39.1 Å².